The van der Waals surface area contributed by atoms with Crippen LogP contribution in [0.5, 0.6) is 0 Å². The lowest BCUT2D eigenvalue weighted by Crippen LogP contribution is -2.56. The first-order valence-electron chi connectivity index (χ1n) is 9.35. The molecule has 4 nitrogen and oxygen atoms in total. The normalized spacial score (nSPS) is 34.5. The average molecular weight is 311 g/mol. The van der Waals surface area contributed by atoms with Gasteiger partial charge in [0.15, 0.2) is 0 Å². The molecule has 3 aliphatic heterocycles. The van der Waals surface area contributed by atoms with Gasteiger partial charge in [0, 0.05) is 39.3 Å². The van der Waals surface area contributed by atoms with Gasteiger partial charge < -0.3 is 14.2 Å². The van der Waals surface area contributed by atoms with Crippen molar-refractivity contribution >= 4 is 0 Å². The molecule has 0 amide bonds. The number of rotatable bonds is 6. The number of nitrogens with zero attached hydrogens (tertiary/aromatic N) is 1. The summed E-state index contributed by atoms with van der Waals surface area (Å²) in [6.07, 6.45) is 9.20. The van der Waals surface area contributed by atoms with Gasteiger partial charge in [-0.1, -0.05) is 19.8 Å². The molecule has 3 heterocycles. The number of unbranched alkanes of at least 4 members (excludes halogenated alkanes) is 1. The van der Waals surface area contributed by atoms with Crippen LogP contribution in [0, 0.1) is 5.92 Å². The Morgan fingerprint density at radius 1 is 1.09 bits per heavy atom. The summed E-state index contributed by atoms with van der Waals surface area (Å²) in [5, 5.41) is 0. The minimum absolute atomic E-state index is 0.000362. The van der Waals surface area contributed by atoms with E-state index in [-0.39, 0.29) is 5.60 Å². The number of hydrogen-bond donors (Lipinski definition) is 0. The van der Waals surface area contributed by atoms with Gasteiger partial charge >= 0.3 is 0 Å². The first-order valence-corrected chi connectivity index (χ1v) is 9.35. The van der Waals surface area contributed by atoms with E-state index in [9.17, 15) is 0 Å². The molecule has 2 atom stereocenters. The standard InChI is InChI=1S/C18H33NO3/c1-2-17-13-19(14-18(22-17)8-12-21-15-18)9-4-3-5-16-6-10-20-11-7-16/h16-17H,2-15H2,1H3/t17-,18+/m0/s1. The van der Waals surface area contributed by atoms with Gasteiger partial charge in [-0.15, -0.1) is 0 Å². The van der Waals surface area contributed by atoms with E-state index >= 15 is 0 Å². The highest BCUT2D eigenvalue weighted by molar-refractivity contribution is 4.93. The topological polar surface area (TPSA) is 30.9 Å². The quantitative estimate of drug-likeness (QED) is 0.706. The lowest BCUT2D eigenvalue weighted by molar-refractivity contribution is -0.154. The summed E-state index contributed by atoms with van der Waals surface area (Å²) in [7, 11) is 0. The van der Waals surface area contributed by atoms with Crippen molar-refractivity contribution in [3.8, 4) is 0 Å². The van der Waals surface area contributed by atoms with Crippen LogP contribution in [-0.2, 0) is 14.2 Å². The monoisotopic (exact) mass is 311 g/mol. The molecule has 4 heteroatoms. The largest absolute Gasteiger partial charge is 0.381 e. The van der Waals surface area contributed by atoms with Crippen LogP contribution in [0.1, 0.15) is 51.9 Å². The van der Waals surface area contributed by atoms with Gasteiger partial charge in [0.05, 0.1) is 12.7 Å². The molecule has 0 N–H and O–H groups in total. The Bertz CT molecular complexity index is 324. The molecule has 0 aromatic heterocycles. The van der Waals surface area contributed by atoms with E-state index in [1.807, 2.05) is 0 Å². The summed E-state index contributed by atoms with van der Waals surface area (Å²) in [6.45, 7) is 9.27. The summed E-state index contributed by atoms with van der Waals surface area (Å²) in [5.41, 5.74) is -0.000362. The summed E-state index contributed by atoms with van der Waals surface area (Å²) in [5.74, 6) is 0.913. The maximum atomic E-state index is 6.34. The summed E-state index contributed by atoms with van der Waals surface area (Å²) >= 11 is 0. The SMILES string of the molecule is CC[C@H]1CN(CCCCC2CCOCC2)C[C@@]2(CCOC2)O1. The van der Waals surface area contributed by atoms with Gasteiger partial charge in [0.1, 0.15) is 5.60 Å². The van der Waals surface area contributed by atoms with E-state index in [0.717, 1.165) is 58.3 Å². The zero-order valence-corrected chi connectivity index (χ0v) is 14.2. The van der Waals surface area contributed by atoms with Gasteiger partial charge in [0.25, 0.3) is 0 Å². The highest BCUT2D eigenvalue weighted by atomic mass is 16.6. The third-order valence-corrected chi connectivity index (χ3v) is 5.59. The Morgan fingerprint density at radius 2 is 1.95 bits per heavy atom. The van der Waals surface area contributed by atoms with Crippen LogP contribution < -0.4 is 0 Å². The van der Waals surface area contributed by atoms with Crippen LogP contribution in [0.4, 0.5) is 0 Å². The molecule has 3 aliphatic rings. The maximum Gasteiger partial charge on any atom is 0.107 e. The smallest absolute Gasteiger partial charge is 0.107 e. The number of ether oxygens (including phenoxy) is 3. The molecule has 1 spiro atoms. The molecular formula is C18H33NO3. The van der Waals surface area contributed by atoms with Crippen molar-refractivity contribution < 1.29 is 14.2 Å². The molecule has 22 heavy (non-hydrogen) atoms. The minimum atomic E-state index is -0.000362. The van der Waals surface area contributed by atoms with Crippen molar-refractivity contribution in [1.82, 2.24) is 4.90 Å². The Labute approximate surface area is 135 Å². The van der Waals surface area contributed by atoms with E-state index in [4.69, 9.17) is 14.2 Å². The first-order chi connectivity index (χ1) is 10.8. The van der Waals surface area contributed by atoms with Crippen molar-refractivity contribution in [2.24, 2.45) is 5.92 Å². The fourth-order valence-corrected chi connectivity index (χ4v) is 4.18. The molecule has 3 saturated heterocycles. The van der Waals surface area contributed by atoms with Crippen molar-refractivity contribution in [2.45, 2.75) is 63.6 Å². The van der Waals surface area contributed by atoms with Crippen LogP contribution in [0.25, 0.3) is 0 Å². The summed E-state index contributed by atoms with van der Waals surface area (Å²) < 4.78 is 17.4. The molecule has 0 aliphatic carbocycles. The van der Waals surface area contributed by atoms with Gasteiger partial charge in [-0.2, -0.15) is 0 Å². The molecule has 0 bridgehead atoms. The molecule has 3 fully saturated rings. The highest BCUT2D eigenvalue weighted by Gasteiger charge is 2.43. The molecule has 0 aromatic rings. The van der Waals surface area contributed by atoms with Crippen LogP contribution in [-0.4, -0.2) is 62.7 Å². The molecule has 3 rings (SSSR count). The highest BCUT2D eigenvalue weighted by Crippen LogP contribution is 2.31. The zero-order valence-electron chi connectivity index (χ0n) is 14.2. The van der Waals surface area contributed by atoms with Crippen molar-refractivity contribution in [3.05, 3.63) is 0 Å². The lowest BCUT2D eigenvalue weighted by atomic mass is 9.94. The first kappa shape index (κ1) is 16.7. The van der Waals surface area contributed by atoms with Gasteiger partial charge in [0.2, 0.25) is 0 Å². The van der Waals surface area contributed by atoms with Crippen molar-refractivity contribution in [3.63, 3.8) is 0 Å². The molecule has 0 unspecified atom stereocenters. The van der Waals surface area contributed by atoms with Crippen LogP contribution >= 0.6 is 0 Å². The molecule has 128 valence electrons. The van der Waals surface area contributed by atoms with Crippen LogP contribution in [0.2, 0.25) is 0 Å². The number of morpholine rings is 1. The average Bonchev–Trinajstić information content (AvgIpc) is 2.99. The van der Waals surface area contributed by atoms with Crippen LogP contribution in [0.3, 0.4) is 0 Å². The van der Waals surface area contributed by atoms with E-state index in [1.54, 1.807) is 0 Å². The Balaban J connectivity index is 1.39. The van der Waals surface area contributed by atoms with E-state index in [2.05, 4.69) is 11.8 Å². The summed E-state index contributed by atoms with van der Waals surface area (Å²) in [6, 6.07) is 0. The lowest BCUT2D eigenvalue weighted by Gasteiger charge is -2.43. The second-order valence-electron chi connectivity index (χ2n) is 7.42. The van der Waals surface area contributed by atoms with E-state index in [1.165, 1.54) is 38.6 Å². The molecule has 0 radical (unpaired) electrons. The number of hydrogen-bond acceptors (Lipinski definition) is 4. The third kappa shape index (κ3) is 4.44. The van der Waals surface area contributed by atoms with Gasteiger partial charge in [-0.05, 0) is 38.1 Å². The van der Waals surface area contributed by atoms with E-state index < -0.39 is 0 Å². The van der Waals surface area contributed by atoms with Gasteiger partial charge in [-0.3, -0.25) is 4.90 Å². The minimum Gasteiger partial charge on any atom is -0.381 e. The summed E-state index contributed by atoms with van der Waals surface area (Å²) in [4.78, 5) is 2.64. The fourth-order valence-electron chi connectivity index (χ4n) is 4.18. The predicted molar refractivity (Wildman–Crippen MR) is 87.2 cm³/mol. The predicted octanol–water partition coefficient (Wildman–Crippen LogP) is 2.85. The van der Waals surface area contributed by atoms with Crippen LogP contribution in [0.15, 0.2) is 0 Å². The van der Waals surface area contributed by atoms with Gasteiger partial charge in [-0.25, -0.2) is 0 Å². The molecule has 0 aromatic carbocycles. The van der Waals surface area contributed by atoms with E-state index in [0.29, 0.717) is 6.10 Å². The molecular weight excluding hydrogens is 278 g/mol. The van der Waals surface area contributed by atoms with Crippen molar-refractivity contribution in [2.75, 3.05) is 46.1 Å². The molecule has 0 saturated carbocycles. The Hall–Kier alpha value is -0.160. The second-order valence-corrected chi connectivity index (χ2v) is 7.42. The third-order valence-electron chi connectivity index (χ3n) is 5.59. The second kappa shape index (κ2) is 8.09. The Kier molecular flexibility index (Phi) is 6.14. The zero-order chi connectivity index (χ0) is 15.3. The fraction of sp³-hybridized carbons (Fsp3) is 1.00. The Morgan fingerprint density at radius 3 is 2.68 bits per heavy atom. The van der Waals surface area contributed by atoms with Crippen molar-refractivity contribution in [1.29, 1.82) is 0 Å². The maximum absolute atomic E-state index is 6.34.